The Hall–Kier alpha value is -2.29. The van der Waals surface area contributed by atoms with Crippen molar-refractivity contribution in [2.75, 3.05) is 17.2 Å². The molecule has 0 atom stereocenters. The van der Waals surface area contributed by atoms with Gasteiger partial charge in [0.25, 0.3) is 0 Å². The van der Waals surface area contributed by atoms with E-state index in [9.17, 15) is 4.79 Å². The number of benzene rings is 2. The summed E-state index contributed by atoms with van der Waals surface area (Å²) in [5.41, 5.74) is 7.89. The molecular weight excluding hydrogens is 284 g/mol. The van der Waals surface area contributed by atoms with E-state index in [4.69, 9.17) is 0 Å². The van der Waals surface area contributed by atoms with Gasteiger partial charge in [-0.25, -0.2) is 0 Å². The highest BCUT2D eigenvalue weighted by Gasteiger charge is 2.08. The van der Waals surface area contributed by atoms with Gasteiger partial charge in [-0.1, -0.05) is 23.8 Å². The van der Waals surface area contributed by atoms with Gasteiger partial charge in [-0.05, 0) is 69.0 Å². The van der Waals surface area contributed by atoms with Crippen LogP contribution in [-0.4, -0.2) is 12.5 Å². The number of rotatable bonds is 5. The zero-order valence-electron chi connectivity index (χ0n) is 14.7. The van der Waals surface area contributed by atoms with Gasteiger partial charge in [-0.15, -0.1) is 0 Å². The van der Waals surface area contributed by atoms with Crippen LogP contribution in [0.2, 0.25) is 0 Å². The second-order valence-electron chi connectivity index (χ2n) is 6.38. The molecule has 2 aromatic carbocycles. The van der Waals surface area contributed by atoms with E-state index in [2.05, 4.69) is 61.7 Å². The molecule has 23 heavy (non-hydrogen) atoms. The Kier molecular flexibility index (Phi) is 5.43. The molecule has 0 aromatic heterocycles. The van der Waals surface area contributed by atoms with Gasteiger partial charge in [0.2, 0.25) is 5.91 Å². The van der Waals surface area contributed by atoms with Gasteiger partial charge in [-0.3, -0.25) is 4.79 Å². The van der Waals surface area contributed by atoms with Crippen LogP contribution in [0.5, 0.6) is 0 Å². The summed E-state index contributed by atoms with van der Waals surface area (Å²) < 4.78 is 0. The van der Waals surface area contributed by atoms with E-state index in [0.29, 0.717) is 13.0 Å². The van der Waals surface area contributed by atoms with Crippen molar-refractivity contribution in [3.05, 3.63) is 58.1 Å². The minimum atomic E-state index is 0.0388. The van der Waals surface area contributed by atoms with Gasteiger partial charge >= 0.3 is 0 Å². The highest BCUT2D eigenvalue weighted by molar-refractivity contribution is 5.92. The largest absolute Gasteiger partial charge is 0.385 e. The van der Waals surface area contributed by atoms with Crippen LogP contribution in [0.15, 0.2) is 30.3 Å². The normalized spacial score (nSPS) is 10.5. The van der Waals surface area contributed by atoms with Crippen molar-refractivity contribution in [3.8, 4) is 0 Å². The summed E-state index contributed by atoms with van der Waals surface area (Å²) in [5.74, 6) is 0.0388. The number of nitrogens with one attached hydrogen (secondary N) is 2. The molecule has 2 rings (SSSR count). The Morgan fingerprint density at radius 3 is 1.91 bits per heavy atom. The Morgan fingerprint density at radius 1 is 0.826 bits per heavy atom. The molecule has 1 amide bonds. The average Bonchev–Trinajstić information content (AvgIpc) is 2.41. The van der Waals surface area contributed by atoms with Crippen LogP contribution in [0.25, 0.3) is 0 Å². The molecule has 0 unspecified atom stereocenters. The van der Waals surface area contributed by atoms with Gasteiger partial charge in [0, 0.05) is 24.3 Å². The number of amides is 1. The molecule has 2 N–H and O–H groups in total. The lowest BCUT2D eigenvalue weighted by Gasteiger charge is -2.13. The summed E-state index contributed by atoms with van der Waals surface area (Å²) in [6, 6.07) is 10.5. The standard InChI is InChI=1S/C20H26N2O/c1-13-8-14(2)12-18(11-13)21-7-6-19(23)22-20-16(4)9-15(3)10-17(20)5/h8-12,21H,6-7H2,1-5H3,(H,22,23). The number of hydrogen-bond donors (Lipinski definition) is 2. The molecule has 0 aliphatic rings. The summed E-state index contributed by atoms with van der Waals surface area (Å²) in [7, 11) is 0. The van der Waals surface area contributed by atoms with Crippen molar-refractivity contribution in [2.24, 2.45) is 0 Å². The summed E-state index contributed by atoms with van der Waals surface area (Å²) >= 11 is 0. The highest BCUT2D eigenvalue weighted by atomic mass is 16.1. The first kappa shape index (κ1) is 17.1. The lowest BCUT2D eigenvalue weighted by Crippen LogP contribution is -2.17. The molecule has 0 bridgehead atoms. The molecular formula is C20H26N2O. The Balaban J connectivity index is 1.91. The van der Waals surface area contributed by atoms with E-state index in [-0.39, 0.29) is 5.91 Å². The topological polar surface area (TPSA) is 41.1 Å². The van der Waals surface area contributed by atoms with Crippen LogP contribution >= 0.6 is 0 Å². The smallest absolute Gasteiger partial charge is 0.226 e. The van der Waals surface area contributed by atoms with E-state index in [1.807, 2.05) is 13.8 Å². The summed E-state index contributed by atoms with van der Waals surface area (Å²) in [6.07, 6.45) is 0.444. The van der Waals surface area contributed by atoms with E-state index in [1.165, 1.54) is 16.7 Å². The zero-order valence-corrected chi connectivity index (χ0v) is 14.7. The third-order valence-electron chi connectivity index (χ3n) is 3.84. The first-order valence-corrected chi connectivity index (χ1v) is 8.05. The lowest BCUT2D eigenvalue weighted by molar-refractivity contribution is -0.115. The monoisotopic (exact) mass is 310 g/mol. The van der Waals surface area contributed by atoms with Crippen molar-refractivity contribution < 1.29 is 4.79 Å². The van der Waals surface area contributed by atoms with Crippen molar-refractivity contribution in [1.82, 2.24) is 0 Å². The van der Waals surface area contributed by atoms with Gasteiger partial charge in [0.05, 0.1) is 0 Å². The van der Waals surface area contributed by atoms with Crippen LogP contribution in [0.1, 0.15) is 34.2 Å². The summed E-state index contributed by atoms with van der Waals surface area (Å²) in [6.45, 7) is 10.9. The molecule has 0 saturated heterocycles. The number of aryl methyl sites for hydroxylation is 5. The molecule has 0 spiro atoms. The second kappa shape index (κ2) is 7.32. The maximum atomic E-state index is 12.2. The second-order valence-corrected chi connectivity index (χ2v) is 6.38. The molecule has 0 saturated carbocycles. The van der Waals surface area contributed by atoms with Crippen LogP contribution in [0.4, 0.5) is 11.4 Å². The maximum Gasteiger partial charge on any atom is 0.226 e. The fraction of sp³-hybridized carbons (Fsp3) is 0.350. The number of hydrogen-bond acceptors (Lipinski definition) is 2. The zero-order chi connectivity index (χ0) is 17.0. The molecule has 0 radical (unpaired) electrons. The molecule has 122 valence electrons. The average molecular weight is 310 g/mol. The Bertz CT molecular complexity index is 676. The fourth-order valence-electron chi connectivity index (χ4n) is 2.98. The molecule has 0 aliphatic carbocycles. The van der Waals surface area contributed by atoms with Gasteiger partial charge < -0.3 is 10.6 Å². The fourth-order valence-corrected chi connectivity index (χ4v) is 2.98. The number of anilines is 2. The van der Waals surface area contributed by atoms with E-state index in [1.54, 1.807) is 0 Å². The van der Waals surface area contributed by atoms with E-state index < -0.39 is 0 Å². The van der Waals surface area contributed by atoms with Crippen LogP contribution in [-0.2, 0) is 4.79 Å². The van der Waals surface area contributed by atoms with Gasteiger partial charge in [0.1, 0.15) is 0 Å². The Morgan fingerprint density at radius 2 is 1.35 bits per heavy atom. The third-order valence-corrected chi connectivity index (χ3v) is 3.84. The maximum absolute atomic E-state index is 12.2. The van der Waals surface area contributed by atoms with E-state index >= 15 is 0 Å². The molecule has 0 heterocycles. The van der Waals surface area contributed by atoms with Crippen molar-refractivity contribution in [3.63, 3.8) is 0 Å². The van der Waals surface area contributed by atoms with E-state index in [0.717, 1.165) is 22.5 Å². The molecule has 3 heteroatoms. The van der Waals surface area contributed by atoms with Crippen molar-refractivity contribution in [1.29, 1.82) is 0 Å². The third kappa shape index (κ3) is 4.85. The number of carbonyl (C=O) groups is 1. The number of carbonyl (C=O) groups excluding carboxylic acids is 1. The lowest BCUT2D eigenvalue weighted by atomic mass is 10.1. The first-order chi connectivity index (χ1) is 10.8. The highest BCUT2D eigenvalue weighted by Crippen LogP contribution is 2.22. The molecule has 3 nitrogen and oxygen atoms in total. The molecule has 0 fully saturated rings. The van der Waals surface area contributed by atoms with Crippen molar-refractivity contribution >= 4 is 17.3 Å². The summed E-state index contributed by atoms with van der Waals surface area (Å²) in [5, 5.41) is 6.36. The van der Waals surface area contributed by atoms with Gasteiger partial charge in [0.15, 0.2) is 0 Å². The Labute approximate surface area is 139 Å². The minimum Gasteiger partial charge on any atom is -0.385 e. The summed E-state index contributed by atoms with van der Waals surface area (Å²) in [4.78, 5) is 12.2. The first-order valence-electron chi connectivity index (χ1n) is 8.05. The molecule has 2 aromatic rings. The predicted octanol–water partition coefficient (Wildman–Crippen LogP) is 4.67. The minimum absolute atomic E-state index is 0.0388. The van der Waals surface area contributed by atoms with Crippen LogP contribution in [0.3, 0.4) is 0 Å². The molecule has 0 aliphatic heterocycles. The van der Waals surface area contributed by atoms with Crippen LogP contribution < -0.4 is 10.6 Å². The SMILES string of the molecule is Cc1cc(C)cc(NCCC(=O)Nc2c(C)cc(C)cc2C)c1. The van der Waals surface area contributed by atoms with Crippen molar-refractivity contribution in [2.45, 2.75) is 41.0 Å². The quantitative estimate of drug-likeness (QED) is 0.842. The predicted molar refractivity (Wildman–Crippen MR) is 98.3 cm³/mol. The van der Waals surface area contributed by atoms with Gasteiger partial charge in [-0.2, -0.15) is 0 Å². The van der Waals surface area contributed by atoms with Crippen LogP contribution in [0, 0.1) is 34.6 Å².